The molecule has 0 aliphatic carbocycles. The predicted octanol–water partition coefficient (Wildman–Crippen LogP) is 4.29. The summed E-state index contributed by atoms with van der Waals surface area (Å²) in [6, 6.07) is 24.2. The molecule has 3 heterocycles. The summed E-state index contributed by atoms with van der Waals surface area (Å²) >= 11 is 0. The number of rotatable bonds is 8. The second-order valence-corrected chi connectivity index (χ2v) is 10.7. The van der Waals surface area contributed by atoms with Gasteiger partial charge in [0.1, 0.15) is 11.8 Å². The Kier molecular flexibility index (Phi) is 7.52. The molecule has 5 aromatic rings. The molecule has 9 nitrogen and oxygen atoms in total. The van der Waals surface area contributed by atoms with Crippen molar-refractivity contribution in [1.29, 1.82) is 0 Å². The van der Waals surface area contributed by atoms with Crippen molar-refractivity contribution in [3.63, 3.8) is 0 Å². The van der Waals surface area contributed by atoms with Crippen molar-refractivity contribution in [3.05, 3.63) is 111 Å². The highest BCUT2D eigenvalue weighted by atomic mass is 16.5. The van der Waals surface area contributed by atoms with Crippen LogP contribution in [0.2, 0.25) is 0 Å². The molecule has 0 bridgehead atoms. The van der Waals surface area contributed by atoms with Crippen LogP contribution in [0, 0.1) is 13.8 Å². The lowest BCUT2D eigenvalue weighted by molar-refractivity contribution is 0.199. The third-order valence-electron chi connectivity index (χ3n) is 8.00. The number of hydrogen-bond acceptors (Lipinski definition) is 7. The number of fused-ring (bicyclic) bond motifs is 1. The van der Waals surface area contributed by atoms with Crippen molar-refractivity contribution < 1.29 is 4.74 Å². The smallest absolute Gasteiger partial charge is 0.253 e. The lowest BCUT2D eigenvalue weighted by Gasteiger charge is -2.40. The number of ether oxygens (including phenoxy) is 1. The number of aromatic amines is 1. The largest absolute Gasteiger partial charge is 0.495 e. The number of para-hydroxylation sites is 2. The van der Waals surface area contributed by atoms with E-state index < -0.39 is 6.04 Å². The molecule has 1 atom stereocenters. The van der Waals surface area contributed by atoms with E-state index in [0.717, 1.165) is 66.1 Å². The molecule has 1 aliphatic rings. The summed E-state index contributed by atoms with van der Waals surface area (Å²) in [6.45, 7) is 7.79. The minimum absolute atomic E-state index is 0.114. The molecule has 1 saturated heterocycles. The highest BCUT2D eigenvalue weighted by Crippen LogP contribution is 2.32. The number of H-pyrrole nitrogens is 1. The Balaban J connectivity index is 1.37. The molecule has 0 amide bonds. The first-order valence-corrected chi connectivity index (χ1v) is 14.1. The third kappa shape index (κ3) is 5.45. The van der Waals surface area contributed by atoms with Crippen LogP contribution in [-0.2, 0) is 13.0 Å². The zero-order valence-electron chi connectivity index (χ0n) is 23.7. The molecule has 3 aromatic carbocycles. The number of piperazine rings is 1. The van der Waals surface area contributed by atoms with Crippen LogP contribution in [0.4, 0.5) is 5.69 Å². The minimum atomic E-state index is -0.394. The lowest BCUT2D eigenvalue weighted by Crippen LogP contribution is -2.49. The van der Waals surface area contributed by atoms with Gasteiger partial charge in [0.2, 0.25) is 0 Å². The van der Waals surface area contributed by atoms with Crippen molar-refractivity contribution >= 4 is 16.6 Å². The molecule has 9 heteroatoms. The van der Waals surface area contributed by atoms with Crippen LogP contribution in [0.25, 0.3) is 10.9 Å². The molecule has 0 unspecified atom stereocenters. The topological polar surface area (TPSA) is 92.2 Å². The van der Waals surface area contributed by atoms with Crippen molar-refractivity contribution in [2.75, 3.05) is 38.2 Å². The summed E-state index contributed by atoms with van der Waals surface area (Å²) in [5.74, 6) is 1.54. The summed E-state index contributed by atoms with van der Waals surface area (Å²) < 4.78 is 7.48. The predicted molar refractivity (Wildman–Crippen MR) is 161 cm³/mol. The highest BCUT2D eigenvalue weighted by Gasteiger charge is 2.33. The summed E-state index contributed by atoms with van der Waals surface area (Å²) in [5.41, 5.74) is 5.93. The Bertz CT molecular complexity index is 1700. The maximum Gasteiger partial charge on any atom is 0.253 e. The van der Waals surface area contributed by atoms with Gasteiger partial charge in [0.15, 0.2) is 5.82 Å². The average Bonchev–Trinajstić information content (AvgIpc) is 3.45. The van der Waals surface area contributed by atoms with Crippen LogP contribution in [0.3, 0.4) is 0 Å². The Labute approximate surface area is 239 Å². The van der Waals surface area contributed by atoms with E-state index in [9.17, 15) is 4.79 Å². The number of hydrogen-bond donors (Lipinski definition) is 1. The van der Waals surface area contributed by atoms with Gasteiger partial charge in [0, 0.05) is 49.2 Å². The SMILES string of the molecule is COc1ccccc1N1CCN([C@@H](c2cc3c(C)cc(C)cc3[nH]c2=O)c2nnnn2CCc2ccccc2)CC1. The van der Waals surface area contributed by atoms with Gasteiger partial charge in [-0.1, -0.05) is 48.5 Å². The molecule has 0 spiro atoms. The highest BCUT2D eigenvalue weighted by molar-refractivity contribution is 5.83. The summed E-state index contributed by atoms with van der Waals surface area (Å²) in [6.07, 6.45) is 0.791. The zero-order valence-corrected chi connectivity index (χ0v) is 23.7. The number of anilines is 1. The molecule has 41 heavy (non-hydrogen) atoms. The molecule has 1 N–H and O–H groups in total. The number of nitrogens with zero attached hydrogens (tertiary/aromatic N) is 6. The fourth-order valence-corrected chi connectivity index (χ4v) is 5.95. The van der Waals surface area contributed by atoms with Crippen LogP contribution < -0.4 is 15.2 Å². The normalized spacial score (nSPS) is 14.9. The minimum Gasteiger partial charge on any atom is -0.495 e. The molecular weight excluding hydrogens is 514 g/mol. The van der Waals surface area contributed by atoms with Gasteiger partial charge in [0.25, 0.3) is 5.56 Å². The number of benzene rings is 3. The average molecular weight is 550 g/mol. The quantitative estimate of drug-likeness (QED) is 0.309. The fraction of sp³-hybridized carbons (Fsp3) is 0.312. The molecule has 1 aliphatic heterocycles. The van der Waals surface area contributed by atoms with Crippen LogP contribution in [-0.4, -0.2) is 63.4 Å². The Morgan fingerprint density at radius 2 is 1.71 bits per heavy atom. The number of pyridine rings is 1. The zero-order chi connectivity index (χ0) is 28.3. The Morgan fingerprint density at radius 3 is 2.49 bits per heavy atom. The van der Waals surface area contributed by atoms with E-state index in [2.05, 4.69) is 61.5 Å². The van der Waals surface area contributed by atoms with E-state index in [0.29, 0.717) is 17.9 Å². The van der Waals surface area contributed by atoms with E-state index in [1.165, 1.54) is 5.56 Å². The van der Waals surface area contributed by atoms with E-state index in [4.69, 9.17) is 4.74 Å². The summed E-state index contributed by atoms with van der Waals surface area (Å²) in [5, 5.41) is 14.0. The van der Waals surface area contributed by atoms with Crippen LogP contribution in [0.15, 0.2) is 77.6 Å². The van der Waals surface area contributed by atoms with E-state index in [1.807, 2.05) is 60.1 Å². The van der Waals surface area contributed by atoms with Gasteiger partial charge in [-0.2, -0.15) is 0 Å². The van der Waals surface area contributed by atoms with E-state index in [-0.39, 0.29) is 5.56 Å². The molecule has 0 saturated carbocycles. The molecule has 2 aromatic heterocycles. The van der Waals surface area contributed by atoms with Crippen molar-refractivity contribution in [1.82, 2.24) is 30.1 Å². The first-order chi connectivity index (χ1) is 20.0. The molecular formula is C32H35N7O2. The van der Waals surface area contributed by atoms with E-state index >= 15 is 0 Å². The van der Waals surface area contributed by atoms with Gasteiger partial charge in [-0.25, -0.2) is 4.68 Å². The fourth-order valence-electron chi connectivity index (χ4n) is 5.95. The van der Waals surface area contributed by atoms with Crippen LogP contribution >= 0.6 is 0 Å². The lowest BCUT2D eigenvalue weighted by atomic mass is 9.99. The van der Waals surface area contributed by atoms with Crippen molar-refractivity contribution in [2.24, 2.45) is 0 Å². The van der Waals surface area contributed by atoms with Gasteiger partial charge in [0.05, 0.1) is 12.8 Å². The summed E-state index contributed by atoms with van der Waals surface area (Å²) in [7, 11) is 1.70. The van der Waals surface area contributed by atoms with Crippen LogP contribution in [0.1, 0.15) is 34.1 Å². The van der Waals surface area contributed by atoms with Crippen molar-refractivity contribution in [3.8, 4) is 5.75 Å². The second-order valence-electron chi connectivity index (χ2n) is 10.7. The molecule has 1 fully saturated rings. The van der Waals surface area contributed by atoms with Crippen molar-refractivity contribution in [2.45, 2.75) is 32.9 Å². The number of aromatic nitrogens is 5. The maximum atomic E-state index is 13.7. The van der Waals surface area contributed by atoms with Gasteiger partial charge in [-0.3, -0.25) is 9.69 Å². The molecule has 210 valence electrons. The van der Waals surface area contributed by atoms with E-state index in [1.54, 1.807) is 7.11 Å². The number of aryl methyl sites for hydroxylation is 4. The van der Waals surface area contributed by atoms with Crippen LogP contribution in [0.5, 0.6) is 5.75 Å². The van der Waals surface area contributed by atoms with Gasteiger partial charge in [-0.05, 0) is 71.7 Å². The molecule has 6 rings (SSSR count). The number of tetrazole rings is 1. The first kappa shape index (κ1) is 26.7. The first-order valence-electron chi connectivity index (χ1n) is 14.1. The maximum absolute atomic E-state index is 13.7. The molecule has 0 radical (unpaired) electrons. The Hall–Kier alpha value is -4.50. The Morgan fingerprint density at radius 1 is 0.951 bits per heavy atom. The van der Waals surface area contributed by atoms with Gasteiger partial charge >= 0.3 is 0 Å². The number of methoxy groups -OCH3 is 1. The number of nitrogens with one attached hydrogen (secondary N) is 1. The summed E-state index contributed by atoms with van der Waals surface area (Å²) in [4.78, 5) is 21.5. The standard InChI is InChI=1S/C32H35N7O2/c1-22-19-23(2)25-21-26(32(40)33-27(25)20-22)30(31-34-35-36-39(31)14-13-24-9-5-4-6-10-24)38-17-15-37(16-18-38)28-11-7-8-12-29(28)41-3/h4-12,19-21,30H,13-18H2,1-3H3,(H,33,40)/t30-/m0/s1. The monoisotopic (exact) mass is 549 g/mol. The van der Waals surface area contributed by atoms with Gasteiger partial charge < -0.3 is 14.6 Å². The second kappa shape index (κ2) is 11.5. The van der Waals surface area contributed by atoms with Gasteiger partial charge in [-0.15, -0.1) is 5.10 Å². The third-order valence-corrected chi connectivity index (χ3v) is 8.00.